The van der Waals surface area contributed by atoms with Crippen molar-refractivity contribution in [2.24, 2.45) is 0 Å². The number of amides is 1. The molecule has 0 spiro atoms. The van der Waals surface area contributed by atoms with Crippen LogP contribution in [0.3, 0.4) is 0 Å². The molecule has 0 saturated carbocycles. The predicted molar refractivity (Wildman–Crippen MR) is 164 cm³/mol. The molecule has 1 aliphatic rings. The Morgan fingerprint density at radius 2 is 1.48 bits per heavy atom. The second-order valence-corrected chi connectivity index (χ2v) is 12.6. The highest BCUT2D eigenvalue weighted by Crippen LogP contribution is 2.26. The lowest BCUT2D eigenvalue weighted by Gasteiger charge is -2.41. The number of allylic oxidation sites excluding steroid dienone is 2. The van der Waals surface area contributed by atoms with Gasteiger partial charge in [0.15, 0.2) is 6.29 Å². The van der Waals surface area contributed by atoms with E-state index in [4.69, 9.17) is 14.0 Å². The number of carbonyl (C=O) groups excluding carboxylic acids is 1. The Kier molecular flexibility index (Phi) is 21.5. The first-order valence-electron chi connectivity index (χ1n) is 16.2. The Morgan fingerprint density at radius 1 is 0.886 bits per heavy atom. The van der Waals surface area contributed by atoms with Crippen molar-refractivity contribution in [3.05, 3.63) is 12.2 Å². The molecule has 1 saturated heterocycles. The van der Waals surface area contributed by atoms with Gasteiger partial charge in [0, 0.05) is 0 Å². The Hall–Kier alpha value is -1.20. The fourth-order valence-electron chi connectivity index (χ4n) is 4.99. The number of aliphatic hydroxyl groups excluding tert-OH is 5. The smallest absolute Gasteiger partial charge is 0.394 e. The topological polar surface area (TPSA) is 212 Å². The highest BCUT2D eigenvalue weighted by molar-refractivity contribution is 7.80. The minimum Gasteiger partial charge on any atom is -0.394 e. The molecule has 7 N–H and O–H groups in total. The van der Waals surface area contributed by atoms with Gasteiger partial charge in [-0.05, 0) is 32.1 Å². The van der Waals surface area contributed by atoms with Gasteiger partial charge in [0.2, 0.25) is 5.91 Å². The van der Waals surface area contributed by atoms with Crippen molar-refractivity contribution >= 4 is 16.3 Å². The number of hydrogen-bond acceptors (Lipinski definition) is 11. The van der Waals surface area contributed by atoms with Gasteiger partial charge >= 0.3 is 10.4 Å². The summed E-state index contributed by atoms with van der Waals surface area (Å²) in [6, 6.07) is -1.04. The van der Waals surface area contributed by atoms with E-state index in [0.717, 1.165) is 57.8 Å². The van der Waals surface area contributed by atoms with Crippen molar-refractivity contribution < 1.29 is 57.0 Å². The summed E-state index contributed by atoms with van der Waals surface area (Å²) in [6.07, 6.45) is 6.42. The van der Waals surface area contributed by atoms with Crippen molar-refractivity contribution in [1.82, 2.24) is 5.32 Å². The summed E-state index contributed by atoms with van der Waals surface area (Å²) in [5.74, 6) is -0.713. The molecule has 0 aromatic rings. The minimum absolute atomic E-state index is 0.175. The predicted octanol–water partition coefficient (Wildman–Crippen LogP) is 2.28. The molecule has 1 fully saturated rings. The molecular formula is C30H57NO12S. The molecule has 0 aromatic heterocycles. The molecule has 13 nitrogen and oxygen atoms in total. The third-order valence-electron chi connectivity index (χ3n) is 7.69. The van der Waals surface area contributed by atoms with Crippen LogP contribution in [0.4, 0.5) is 0 Å². The first-order chi connectivity index (χ1) is 20.9. The number of nitrogens with one attached hydrogen (secondary N) is 1. The molecular weight excluding hydrogens is 598 g/mol. The summed E-state index contributed by atoms with van der Waals surface area (Å²) < 4.78 is 46.9. The average Bonchev–Trinajstić information content (AvgIpc) is 2.98. The lowest BCUT2D eigenvalue weighted by Crippen LogP contribution is -2.61. The molecule has 0 aromatic carbocycles. The molecule has 0 radical (unpaired) electrons. The average molecular weight is 656 g/mol. The van der Waals surface area contributed by atoms with Gasteiger partial charge in [-0.3, -0.25) is 9.35 Å². The third-order valence-corrected chi connectivity index (χ3v) is 8.16. The first-order valence-corrected chi connectivity index (χ1v) is 17.5. The lowest BCUT2D eigenvalue weighted by atomic mass is 9.99. The van der Waals surface area contributed by atoms with Crippen LogP contribution in [0.2, 0.25) is 0 Å². The molecule has 1 rings (SSSR count). The number of hydrogen-bond donors (Lipinski definition) is 7. The van der Waals surface area contributed by atoms with Gasteiger partial charge in [-0.25, -0.2) is 4.18 Å². The Bertz CT molecular complexity index is 889. The number of rotatable bonds is 25. The first kappa shape index (κ1) is 40.8. The molecule has 260 valence electrons. The highest BCUT2D eigenvalue weighted by Gasteiger charge is 2.48. The Balaban J connectivity index is 2.82. The molecule has 0 bridgehead atoms. The molecule has 0 aliphatic carbocycles. The van der Waals surface area contributed by atoms with E-state index in [-0.39, 0.29) is 6.42 Å². The maximum atomic E-state index is 12.8. The van der Waals surface area contributed by atoms with Crippen molar-refractivity contribution in [2.45, 2.75) is 159 Å². The second kappa shape index (κ2) is 23.2. The summed E-state index contributed by atoms with van der Waals surface area (Å²) >= 11 is 0. The Morgan fingerprint density at radius 3 is 2.09 bits per heavy atom. The lowest BCUT2D eigenvalue weighted by molar-refractivity contribution is -0.298. The van der Waals surface area contributed by atoms with Crippen molar-refractivity contribution in [2.75, 3.05) is 13.2 Å². The van der Waals surface area contributed by atoms with E-state index in [1.807, 2.05) is 12.2 Å². The summed E-state index contributed by atoms with van der Waals surface area (Å²) in [5, 5.41) is 54.4. The zero-order chi connectivity index (χ0) is 33.0. The standard InChI is InChI=1S/C30H57NO12S/c1-3-5-7-9-11-13-15-17-19-24(34)29(37)31-22(23(33)18-16-14-12-10-8-6-4-2)21-41-30-27(36)28(43-44(38,39)40)26(35)25(20-32)42-30/h13,15,22-28,30,32-36H,3-12,14,16-21H2,1-2H3,(H,31,37)(H,38,39,40)/b15-13-. The van der Waals surface area contributed by atoms with Crippen molar-refractivity contribution in [3.63, 3.8) is 0 Å². The molecule has 44 heavy (non-hydrogen) atoms. The number of ether oxygens (including phenoxy) is 2. The fraction of sp³-hybridized carbons (Fsp3) is 0.900. The largest absolute Gasteiger partial charge is 0.397 e. The van der Waals surface area contributed by atoms with E-state index in [0.29, 0.717) is 19.3 Å². The van der Waals surface area contributed by atoms with E-state index >= 15 is 0 Å². The summed E-state index contributed by atoms with van der Waals surface area (Å²) in [4.78, 5) is 12.8. The third kappa shape index (κ3) is 16.9. The number of unbranched alkanes of at least 4 members (excludes halogenated alkanes) is 10. The van der Waals surface area contributed by atoms with E-state index in [1.54, 1.807) is 0 Å². The summed E-state index contributed by atoms with van der Waals surface area (Å²) in [6.45, 7) is 3.07. The van der Waals surface area contributed by atoms with Crippen LogP contribution in [0.5, 0.6) is 0 Å². The normalized spacial score (nSPS) is 24.8. The van der Waals surface area contributed by atoms with Crippen LogP contribution in [-0.2, 0) is 28.9 Å². The summed E-state index contributed by atoms with van der Waals surface area (Å²) in [5.41, 5.74) is 0. The molecule has 8 unspecified atom stereocenters. The molecule has 1 heterocycles. The zero-order valence-electron chi connectivity index (χ0n) is 26.3. The van der Waals surface area contributed by atoms with Gasteiger partial charge in [-0.1, -0.05) is 90.2 Å². The van der Waals surface area contributed by atoms with E-state index in [9.17, 15) is 38.7 Å². The molecule has 1 aliphatic heterocycles. The van der Waals surface area contributed by atoms with Crippen LogP contribution < -0.4 is 5.32 Å². The van der Waals surface area contributed by atoms with Gasteiger partial charge in [0.1, 0.15) is 30.5 Å². The minimum atomic E-state index is -5.09. The fourth-order valence-corrected chi connectivity index (χ4v) is 5.50. The van der Waals surface area contributed by atoms with E-state index in [1.165, 1.54) is 12.8 Å². The van der Waals surface area contributed by atoms with Crippen LogP contribution in [0, 0.1) is 0 Å². The Labute approximate surface area is 262 Å². The van der Waals surface area contributed by atoms with Crippen LogP contribution in [0.15, 0.2) is 12.2 Å². The molecule has 8 atom stereocenters. The SMILES string of the molecule is CCCCCC/C=C\CCC(O)C(=O)NC(COC1OC(CO)C(O)C(OS(=O)(=O)O)C1O)C(O)CCCCCCCCC. The quantitative estimate of drug-likeness (QED) is 0.0429. The monoisotopic (exact) mass is 655 g/mol. The number of aliphatic hydroxyl groups is 5. The van der Waals surface area contributed by atoms with Crippen molar-refractivity contribution in [1.29, 1.82) is 0 Å². The van der Waals surface area contributed by atoms with Crippen molar-refractivity contribution in [3.8, 4) is 0 Å². The van der Waals surface area contributed by atoms with E-state index in [2.05, 4.69) is 23.3 Å². The van der Waals surface area contributed by atoms with Crippen LogP contribution >= 0.6 is 0 Å². The maximum Gasteiger partial charge on any atom is 0.397 e. The summed E-state index contributed by atoms with van der Waals surface area (Å²) in [7, 11) is -5.09. The molecule has 14 heteroatoms. The molecule has 1 amide bonds. The van der Waals surface area contributed by atoms with Gasteiger partial charge in [0.25, 0.3) is 0 Å². The van der Waals surface area contributed by atoms with Crippen LogP contribution in [0.1, 0.15) is 110 Å². The number of carbonyl (C=O) groups is 1. The van der Waals surface area contributed by atoms with Gasteiger partial charge < -0.3 is 40.3 Å². The highest BCUT2D eigenvalue weighted by atomic mass is 32.3. The zero-order valence-corrected chi connectivity index (χ0v) is 27.2. The van der Waals surface area contributed by atoms with Crippen LogP contribution in [0.25, 0.3) is 0 Å². The van der Waals surface area contributed by atoms with E-state index < -0.39 is 78.5 Å². The van der Waals surface area contributed by atoms with Gasteiger partial charge in [-0.2, -0.15) is 8.42 Å². The van der Waals surface area contributed by atoms with Gasteiger partial charge in [0.05, 0.1) is 25.4 Å². The van der Waals surface area contributed by atoms with Crippen LogP contribution in [-0.4, -0.2) is 107 Å². The maximum absolute atomic E-state index is 12.8. The second-order valence-electron chi connectivity index (χ2n) is 11.5. The van der Waals surface area contributed by atoms with Gasteiger partial charge in [-0.15, -0.1) is 0 Å².